The molecule has 0 spiro atoms. The van der Waals surface area contributed by atoms with Crippen LogP contribution in [-0.2, 0) is 4.79 Å². The number of nitrogens with one attached hydrogen (secondary N) is 1. The molecule has 1 aromatic heterocycles. The van der Waals surface area contributed by atoms with Gasteiger partial charge >= 0.3 is 0 Å². The molecular weight excluding hydrogens is 533 g/mol. The fraction of sp³-hybridized carbons (Fsp3) is 0.233. The number of aryl methyl sites for hydroxylation is 2. The molecule has 0 unspecified atom stereocenters. The Kier molecular flexibility index (Phi) is 9.07. The summed E-state index contributed by atoms with van der Waals surface area (Å²) in [6.45, 7) is 4.94. The Morgan fingerprint density at radius 1 is 0.872 bits per heavy atom. The van der Waals surface area contributed by atoms with Crippen LogP contribution in [0.25, 0.3) is 16.9 Å². The first-order chi connectivity index (χ1) is 18.6. The number of hydrogen-bond donors (Lipinski definition) is 1. The third-order valence-electron chi connectivity index (χ3n) is 6.40. The Morgan fingerprint density at radius 2 is 1.51 bits per heavy atom. The standard InChI is InChI=1S/C30H31Cl2N5O2/c1-20-5-14-26(17-21(20)2)37-18-27(22-6-10-24(31)11-7-22)33-30(37)34-28(38)19-36(16-15-35(3)4)29(39)23-8-12-25(32)13-9-23/h5-14,17-18H,15-16,19H2,1-4H3,(H,33,34,38). The minimum atomic E-state index is -0.352. The van der Waals surface area contributed by atoms with Crippen LogP contribution in [0.3, 0.4) is 0 Å². The van der Waals surface area contributed by atoms with Crippen LogP contribution >= 0.6 is 23.2 Å². The maximum atomic E-state index is 13.3. The molecule has 3 aromatic carbocycles. The molecule has 39 heavy (non-hydrogen) atoms. The van der Waals surface area contributed by atoms with Crippen molar-refractivity contribution in [2.75, 3.05) is 39.0 Å². The molecule has 1 N–H and O–H groups in total. The van der Waals surface area contributed by atoms with Crippen molar-refractivity contribution in [3.63, 3.8) is 0 Å². The van der Waals surface area contributed by atoms with Crippen molar-refractivity contribution in [1.82, 2.24) is 19.4 Å². The highest BCUT2D eigenvalue weighted by molar-refractivity contribution is 6.31. The summed E-state index contributed by atoms with van der Waals surface area (Å²) in [7, 11) is 3.84. The highest BCUT2D eigenvalue weighted by Gasteiger charge is 2.21. The van der Waals surface area contributed by atoms with Gasteiger partial charge in [-0.3, -0.25) is 19.5 Å². The number of imidazole rings is 1. The zero-order valence-electron chi connectivity index (χ0n) is 22.4. The van der Waals surface area contributed by atoms with Crippen molar-refractivity contribution in [2.24, 2.45) is 0 Å². The third-order valence-corrected chi connectivity index (χ3v) is 6.90. The second kappa shape index (κ2) is 12.5. The molecule has 0 bridgehead atoms. The lowest BCUT2D eigenvalue weighted by molar-refractivity contribution is -0.117. The van der Waals surface area contributed by atoms with Crippen LogP contribution in [0.15, 0.2) is 72.9 Å². The molecule has 0 fully saturated rings. The summed E-state index contributed by atoms with van der Waals surface area (Å²) in [6, 6.07) is 20.1. The third kappa shape index (κ3) is 7.26. The van der Waals surface area contributed by atoms with Gasteiger partial charge in [0, 0.05) is 46.1 Å². The van der Waals surface area contributed by atoms with Crippen LogP contribution in [0.4, 0.5) is 5.95 Å². The van der Waals surface area contributed by atoms with Gasteiger partial charge in [0.05, 0.1) is 5.69 Å². The molecule has 0 radical (unpaired) electrons. The van der Waals surface area contributed by atoms with Crippen molar-refractivity contribution in [3.8, 4) is 16.9 Å². The van der Waals surface area contributed by atoms with Gasteiger partial charge in [0.25, 0.3) is 5.91 Å². The Hall–Kier alpha value is -3.65. The van der Waals surface area contributed by atoms with Crippen LogP contribution in [0.5, 0.6) is 0 Å². The normalized spacial score (nSPS) is 11.1. The lowest BCUT2D eigenvalue weighted by Crippen LogP contribution is -2.41. The number of anilines is 1. The average Bonchev–Trinajstić information content (AvgIpc) is 3.32. The molecule has 4 aromatic rings. The lowest BCUT2D eigenvalue weighted by Gasteiger charge is -2.24. The Morgan fingerprint density at radius 3 is 2.13 bits per heavy atom. The van der Waals surface area contributed by atoms with E-state index in [4.69, 9.17) is 28.2 Å². The minimum absolute atomic E-state index is 0.134. The van der Waals surface area contributed by atoms with Crippen LogP contribution in [0, 0.1) is 13.8 Å². The number of carbonyl (C=O) groups is 2. The summed E-state index contributed by atoms with van der Waals surface area (Å²) in [5, 5.41) is 4.11. The van der Waals surface area contributed by atoms with Gasteiger partial charge in [-0.2, -0.15) is 0 Å². The van der Waals surface area contributed by atoms with E-state index >= 15 is 0 Å². The molecule has 0 aliphatic rings. The highest BCUT2D eigenvalue weighted by Crippen LogP contribution is 2.26. The quantitative estimate of drug-likeness (QED) is 0.267. The number of aromatic nitrogens is 2. The molecule has 0 atom stereocenters. The number of hydrogen-bond acceptors (Lipinski definition) is 4. The van der Waals surface area contributed by atoms with Crippen LogP contribution in [0.2, 0.25) is 10.0 Å². The number of likely N-dealkylation sites (N-methyl/N-ethyl adjacent to an activating group) is 1. The summed E-state index contributed by atoms with van der Waals surface area (Å²) in [6.07, 6.45) is 1.88. The largest absolute Gasteiger partial charge is 0.328 e. The molecule has 0 saturated heterocycles. The van der Waals surface area contributed by atoms with Crippen LogP contribution in [-0.4, -0.2) is 64.9 Å². The average molecular weight is 565 g/mol. The number of nitrogens with zero attached hydrogens (tertiary/aromatic N) is 4. The van der Waals surface area contributed by atoms with Gasteiger partial charge < -0.3 is 9.80 Å². The fourth-order valence-electron chi connectivity index (χ4n) is 3.99. The zero-order chi connectivity index (χ0) is 28.1. The van der Waals surface area contributed by atoms with Gasteiger partial charge in [0.1, 0.15) is 6.54 Å². The Bertz CT molecular complexity index is 1460. The van der Waals surface area contributed by atoms with E-state index in [0.29, 0.717) is 40.3 Å². The second-order valence-electron chi connectivity index (χ2n) is 9.68. The van der Waals surface area contributed by atoms with E-state index in [9.17, 15) is 9.59 Å². The van der Waals surface area contributed by atoms with Gasteiger partial charge in [0.2, 0.25) is 11.9 Å². The van der Waals surface area contributed by atoms with Crippen LogP contribution in [0.1, 0.15) is 21.5 Å². The molecule has 0 saturated carbocycles. The smallest absolute Gasteiger partial charge is 0.254 e. The number of amides is 2. The van der Waals surface area contributed by atoms with Crippen molar-refractivity contribution in [1.29, 1.82) is 0 Å². The van der Waals surface area contributed by atoms with E-state index in [1.165, 1.54) is 10.5 Å². The molecule has 4 rings (SSSR count). The van der Waals surface area contributed by atoms with Crippen molar-refractivity contribution >= 4 is 41.0 Å². The lowest BCUT2D eigenvalue weighted by atomic mass is 10.1. The van der Waals surface area contributed by atoms with E-state index in [0.717, 1.165) is 16.8 Å². The first kappa shape index (κ1) is 28.4. The minimum Gasteiger partial charge on any atom is -0.328 e. The highest BCUT2D eigenvalue weighted by atomic mass is 35.5. The molecule has 202 valence electrons. The summed E-state index contributed by atoms with van der Waals surface area (Å²) in [5.74, 6) is -0.239. The fourth-order valence-corrected chi connectivity index (χ4v) is 4.24. The Labute approximate surface area is 239 Å². The molecule has 7 nitrogen and oxygen atoms in total. The molecule has 9 heteroatoms. The van der Waals surface area contributed by atoms with Gasteiger partial charge in [-0.25, -0.2) is 4.98 Å². The Balaban J connectivity index is 1.63. The first-order valence-electron chi connectivity index (χ1n) is 12.5. The summed E-state index contributed by atoms with van der Waals surface area (Å²) in [5.41, 5.74) is 5.16. The maximum absolute atomic E-state index is 13.3. The van der Waals surface area contributed by atoms with E-state index in [-0.39, 0.29) is 18.4 Å². The number of halogens is 2. The second-order valence-corrected chi connectivity index (χ2v) is 10.6. The van der Waals surface area contributed by atoms with Gasteiger partial charge in [-0.05, 0) is 87.6 Å². The van der Waals surface area contributed by atoms with Crippen molar-refractivity contribution < 1.29 is 9.59 Å². The number of benzene rings is 3. The SMILES string of the molecule is Cc1ccc(-n2cc(-c3ccc(Cl)cc3)nc2NC(=O)CN(CCN(C)C)C(=O)c2ccc(Cl)cc2)cc1C. The molecule has 0 aliphatic heterocycles. The van der Waals surface area contributed by atoms with Crippen LogP contribution < -0.4 is 5.32 Å². The van der Waals surface area contributed by atoms with E-state index in [1.54, 1.807) is 36.4 Å². The van der Waals surface area contributed by atoms with E-state index in [2.05, 4.69) is 12.2 Å². The zero-order valence-corrected chi connectivity index (χ0v) is 23.9. The summed E-state index contributed by atoms with van der Waals surface area (Å²) >= 11 is 12.1. The maximum Gasteiger partial charge on any atom is 0.254 e. The molecule has 1 heterocycles. The monoisotopic (exact) mass is 563 g/mol. The van der Waals surface area contributed by atoms with E-state index < -0.39 is 0 Å². The summed E-state index contributed by atoms with van der Waals surface area (Å²) < 4.78 is 1.85. The summed E-state index contributed by atoms with van der Waals surface area (Å²) in [4.78, 5) is 34.9. The topological polar surface area (TPSA) is 70.5 Å². The first-order valence-corrected chi connectivity index (χ1v) is 13.3. The predicted molar refractivity (Wildman–Crippen MR) is 158 cm³/mol. The van der Waals surface area contributed by atoms with Crippen molar-refractivity contribution in [2.45, 2.75) is 13.8 Å². The molecule has 0 aliphatic carbocycles. The predicted octanol–water partition coefficient (Wildman–Crippen LogP) is 6.11. The van der Waals surface area contributed by atoms with Crippen molar-refractivity contribution in [3.05, 3.63) is 99.7 Å². The van der Waals surface area contributed by atoms with Gasteiger partial charge in [0.15, 0.2) is 0 Å². The molecular formula is C30H31Cl2N5O2. The number of rotatable bonds is 9. The molecule has 2 amide bonds. The van der Waals surface area contributed by atoms with Gasteiger partial charge in [-0.15, -0.1) is 0 Å². The number of carbonyl (C=O) groups excluding carboxylic acids is 2. The van der Waals surface area contributed by atoms with E-state index in [1.807, 2.05) is 67.0 Å². The van der Waals surface area contributed by atoms with Gasteiger partial charge in [-0.1, -0.05) is 41.4 Å².